The molecule has 1 aliphatic heterocycles. The van der Waals surface area contributed by atoms with Crippen LogP contribution in [0.15, 0.2) is 46.9 Å². The average Bonchev–Trinajstić information content (AvgIpc) is 3.14. The lowest BCUT2D eigenvalue weighted by Crippen LogP contribution is -2.37. The fraction of sp³-hybridized carbons (Fsp3) is 0.381. The van der Waals surface area contributed by atoms with E-state index in [0.717, 1.165) is 18.5 Å². The minimum absolute atomic E-state index is 0.130. The Hall–Kier alpha value is -2.51. The highest BCUT2D eigenvalue weighted by molar-refractivity contribution is 6.45. The number of nitrogens with zero attached hydrogens (tertiary/aromatic N) is 2. The Labute approximate surface area is 187 Å². The molecular weight excluding hydrogens is 425 g/mol. The van der Waals surface area contributed by atoms with Crippen molar-refractivity contribution in [3.63, 3.8) is 0 Å². The van der Waals surface area contributed by atoms with Crippen molar-refractivity contribution in [1.29, 1.82) is 0 Å². The van der Waals surface area contributed by atoms with Crippen LogP contribution in [0.2, 0.25) is 10.0 Å². The fourth-order valence-corrected chi connectivity index (χ4v) is 3.25. The Balaban J connectivity index is 1.98. The molecule has 1 fully saturated rings. The minimum Gasteiger partial charge on any atom is -0.404 e. The zero-order chi connectivity index (χ0) is 22.1. The Bertz CT molecular complexity index is 880. The third kappa shape index (κ3) is 6.78. The molecule has 0 aliphatic carbocycles. The topological polar surface area (TPSA) is 99.8 Å². The van der Waals surface area contributed by atoms with Crippen LogP contribution in [0, 0.1) is 0 Å². The van der Waals surface area contributed by atoms with Crippen molar-refractivity contribution in [2.75, 3.05) is 19.6 Å². The Morgan fingerprint density at radius 1 is 1.33 bits per heavy atom. The second-order valence-corrected chi connectivity index (χ2v) is 7.64. The highest BCUT2D eigenvalue weighted by Gasteiger charge is 2.20. The first-order chi connectivity index (χ1) is 14.3. The number of allylic oxidation sites excluding steroid dienone is 1. The number of halogens is 2. The first-order valence-electron chi connectivity index (χ1n) is 9.72. The van der Waals surface area contributed by atoms with Gasteiger partial charge in [-0.1, -0.05) is 29.3 Å². The summed E-state index contributed by atoms with van der Waals surface area (Å²) in [6, 6.07) is 5.34. The summed E-state index contributed by atoms with van der Waals surface area (Å²) in [7, 11) is 0. The number of benzene rings is 1. The van der Waals surface area contributed by atoms with Gasteiger partial charge in [-0.3, -0.25) is 14.6 Å². The predicted octanol–water partition coefficient (Wildman–Crippen LogP) is 2.99. The number of amides is 2. The van der Waals surface area contributed by atoms with E-state index in [1.54, 1.807) is 37.0 Å². The maximum Gasteiger partial charge on any atom is 0.275 e. The van der Waals surface area contributed by atoms with Gasteiger partial charge in [0.25, 0.3) is 5.91 Å². The van der Waals surface area contributed by atoms with E-state index >= 15 is 0 Å². The van der Waals surface area contributed by atoms with Gasteiger partial charge in [-0.25, -0.2) is 0 Å². The molecule has 0 atom stereocenters. The van der Waals surface area contributed by atoms with E-state index in [1.807, 2.05) is 6.07 Å². The summed E-state index contributed by atoms with van der Waals surface area (Å²) in [6.45, 7) is 5.53. The molecule has 0 aromatic heterocycles. The van der Waals surface area contributed by atoms with Gasteiger partial charge in [0.05, 0.1) is 16.6 Å². The second-order valence-electron chi connectivity index (χ2n) is 6.82. The number of aliphatic imine (C=N–C) groups is 1. The van der Waals surface area contributed by atoms with E-state index in [9.17, 15) is 9.59 Å². The highest BCUT2D eigenvalue weighted by Crippen LogP contribution is 2.22. The summed E-state index contributed by atoms with van der Waals surface area (Å²) in [6.07, 6.45) is 4.54. The van der Waals surface area contributed by atoms with Gasteiger partial charge in [-0.15, -0.1) is 0 Å². The molecule has 0 radical (unpaired) electrons. The van der Waals surface area contributed by atoms with E-state index in [1.165, 1.54) is 6.20 Å². The van der Waals surface area contributed by atoms with E-state index < -0.39 is 0 Å². The number of carbonyl (C=O) groups is 2. The van der Waals surface area contributed by atoms with Gasteiger partial charge in [-0.05, 0) is 55.8 Å². The van der Waals surface area contributed by atoms with Crippen LogP contribution in [0.3, 0.4) is 0 Å². The highest BCUT2D eigenvalue weighted by atomic mass is 35.5. The molecule has 1 aromatic carbocycles. The molecule has 2 amide bonds. The quantitative estimate of drug-likeness (QED) is 0.502. The van der Waals surface area contributed by atoms with Crippen molar-refractivity contribution in [1.82, 2.24) is 15.5 Å². The van der Waals surface area contributed by atoms with Crippen molar-refractivity contribution in [2.24, 2.45) is 10.7 Å². The molecular formula is C21H27Cl2N5O2. The van der Waals surface area contributed by atoms with Crippen molar-refractivity contribution >= 4 is 40.7 Å². The normalized spacial score (nSPS) is 15.5. The summed E-state index contributed by atoms with van der Waals surface area (Å²) >= 11 is 12.0. The molecule has 162 valence electrons. The number of nitrogens with one attached hydrogen (secondary N) is 2. The summed E-state index contributed by atoms with van der Waals surface area (Å²) in [5, 5.41) is 6.92. The molecule has 0 unspecified atom stereocenters. The number of hydrogen-bond donors (Lipinski definition) is 3. The van der Waals surface area contributed by atoms with Gasteiger partial charge >= 0.3 is 0 Å². The molecule has 4 N–H and O–H groups in total. The second kappa shape index (κ2) is 11.6. The molecule has 1 aromatic rings. The van der Waals surface area contributed by atoms with Crippen LogP contribution in [0.5, 0.6) is 0 Å². The monoisotopic (exact) mass is 451 g/mol. The van der Waals surface area contributed by atoms with Crippen LogP contribution in [-0.2, 0) is 16.1 Å². The standard InChI is InChI=1S/C21H27Cl2N5O2/c1-3-18(26-13-15-6-7-16(22)17(23)11-15)27-21(30)20(14(2)12-24)25-8-10-28-9-4-5-19(28)29/h3,6-7,11-12,26H,4-5,8-10,13,24H2,1-2H3,(H,27,30)/b14-12?,18-3+,25-20?. The third-order valence-corrected chi connectivity index (χ3v) is 5.39. The largest absolute Gasteiger partial charge is 0.404 e. The maximum atomic E-state index is 12.8. The van der Waals surface area contributed by atoms with Gasteiger partial charge in [-0.2, -0.15) is 0 Å². The van der Waals surface area contributed by atoms with Crippen LogP contribution < -0.4 is 16.4 Å². The molecule has 30 heavy (non-hydrogen) atoms. The number of hydrogen-bond acceptors (Lipinski definition) is 5. The lowest BCUT2D eigenvalue weighted by molar-refractivity contribution is -0.127. The van der Waals surface area contributed by atoms with Gasteiger partial charge in [0.2, 0.25) is 5.91 Å². The molecule has 0 bridgehead atoms. The van der Waals surface area contributed by atoms with Crippen LogP contribution in [0.1, 0.15) is 32.3 Å². The molecule has 7 nitrogen and oxygen atoms in total. The summed E-state index contributed by atoms with van der Waals surface area (Å²) in [5.74, 6) is 0.278. The average molecular weight is 452 g/mol. The predicted molar refractivity (Wildman–Crippen MR) is 121 cm³/mol. The lowest BCUT2D eigenvalue weighted by Gasteiger charge is -2.16. The molecule has 1 saturated heterocycles. The van der Waals surface area contributed by atoms with Crippen LogP contribution in [-0.4, -0.2) is 42.1 Å². The van der Waals surface area contributed by atoms with Crippen LogP contribution in [0.4, 0.5) is 0 Å². The minimum atomic E-state index is -0.378. The van der Waals surface area contributed by atoms with Crippen molar-refractivity contribution < 1.29 is 9.59 Å². The van der Waals surface area contributed by atoms with E-state index in [0.29, 0.717) is 47.5 Å². The summed E-state index contributed by atoms with van der Waals surface area (Å²) in [4.78, 5) is 30.7. The smallest absolute Gasteiger partial charge is 0.275 e. The van der Waals surface area contributed by atoms with Gasteiger partial charge in [0, 0.05) is 26.1 Å². The molecule has 2 rings (SSSR count). The van der Waals surface area contributed by atoms with Gasteiger partial charge in [0.1, 0.15) is 11.5 Å². The zero-order valence-corrected chi connectivity index (χ0v) is 18.7. The zero-order valence-electron chi connectivity index (χ0n) is 17.2. The number of likely N-dealkylation sites (tertiary alicyclic amines) is 1. The maximum absolute atomic E-state index is 12.8. The van der Waals surface area contributed by atoms with Gasteiger partial charge < -0.3 is 21.3 Å². The van der Waals surface area contributed by atoms with Crippen LogP contribution in [0.25, 0.3) is 0 Å². The van der Waals surface area contributed by atoms with Crippen molar-refractivity contribution in [2.45, 2.75) is 33.2 Å². The van der Waals surface area contributed by atoms with E-state index in [-0.39, 0.29) is 17.5 Å². The Morgan fingerprint density at radius 2 is 2.10 bits per heavy atom. The Kier molecular flexibility index (Phi) is 9.20. The molecule has 1 heterocycles. The lowest BCUT2D eigenvalue weighted by atomic mass is 10.2. The first-order valence-corrected chi connectivity index (χ1v) is 10.5. The summed E-state index contributed by atoms with van der Waals surface area (Å²) in [5.41, 5.74) is 7.32. The number of rotatable bonds is 9. The third-order valence-electron chi connectivity index (χ3n) is 4.65. The van der Waals surface area contributed by atoms with Crippen LogP contribution >= 0.6 is 23.2 Å². The van der Waals surface area contributed by atoms with E-state index in [4.69, 9.17) is 28.9 Å². The molecule has 1 aliphatic rings. The van der Waals surface area contributed by atoms with Gasteiger partial charge in [0.15, 0.2) is 0 Å². The summed E-state index contributed by atoms with van der Waals surface area (Å²) < 4.78 is 0. The van der Waals surface area contributed by atoms with Crippen molar-refractivity contribution in [3.8, 4) is 0 Å². The number of nitrogens with two attached hydrogens (primary N) is 1. The fourth-order valence-electron chi connectivity index (χ4n) is 2.92. The number of carbonyl (C=O) groups excluding carboxylic acids is 2. The molecule has 9 heteroatoms. The van der Waals surface area contributed by atoms with E-state index in [2.05, 4.69) is 15.6 Å². The molecule has 0 spiro atoms. The SMILES string of the molecule is C/C=C(\NCc1ccc(Cl)c(Cl)c1)NC(=O)C(=NCCN1CCCC1=O)C(C)=CN. The first kappa shape index (κ1) is 23.8. The Morgan fingerprint density at radius 3 is 2.70 bits per heavy atom. The van der Waals surface area contributed by atoms with Crippen molar-refractivity contribution in [3.05, 3.63) is 57.5 Å². The molecule has 0 saturated carbocycles.